The standard InChI is InChI=1S/C13H17NO2/c1-10-2-3-13(12(6-10)9-16)14-5-4-11(7-14)8-15/h2-3,6,9,11,15H,4-5,7-8H2,1H3. The molecule has 2 rings (SSSR count). The van der Waals surface area contributed by atoms with E-state index in [1.165, 1.54) is 0 Å². The molecule has 0 aromatic heterocycles. The van der Waals surface area contributed by atoms with Crippen LogP contribution in [0.15, 0.2) is 18.2 Å². The van der Waals surface area contributed by atoms with Crippen LogP contribution in [-0.4, -0.2) is 31.1 Å². The molecule has 0 radical (unpaired) electrons. The van der Waals surface area contributed by atoms with Crippen LogP contribution in [0.25, 0.3) is 0 Å². The molecular formula is C13H17NO2. The largest absolute Gasteiger partial charge is 0.396 e. The van der Waals surface area contributed by atoms with Gasteiger partial charge in [0, 0.05) is 36.9 Å². The molecule has 0 saturated carbocycles. The van der Waals surface area contributed by atoms with Gasteiger partial charge in [0.05, 0.1) is 0 Å². The number of aryl methyl sites for hydroxylation is 1. The molecule has 1 aromatic rings. The van der Waals surface area contributed by atoms with Crippen molar-refractivity contribution in [2.45, 2.75) is 13.3 Å². The molecule has 16 heavy (non-hydrogen) atoms. The molecule has 1 aliphatic heterocycles. The van der Waals surface area contributed by atoms with E-state index < -0.39 is 0 Å². The number of anilines is 1. The SMILES string of the molecule is Cc1ccc(N2CCC(CO)C2)c(C=O)c1. The van der Waals surface area contributed by atoms with E-state index in [1.807, 2.05) is 25.1 Å². The van der Waals surface area contributed by atoms with Gasteiger partial charge < -0.3 is 10.0 Å². The van der Waals surface area contributed by atoms with Crippen molar-refractivity contribution in [1.29, 1.82) is 0 Å². The second-order valence-electron chi connectivity index (χ2n) is 4.46. The van der Waals surface area contributed by atoms with Crippen LogP contribution < -0.4 is 4.90 Å². The van der Waals surface area contributed by atoms with Gasteiger partial charge in [-0.1, -0.05) is 11.6 Å². The van der Waals surface area contributed by atoms with Crippen molar-refractivity contribution in [2.24, 2.45) is 5.92 Å². The zero-order chi connectivity index (χ0) is 11.5. The van der Waals surface area contributed by atoms with Gasteiger partial charge in [0.1, 0.15) is 0 Å². The summed E-state index contributed by atoms with van der Waals surface area (Å²) in [7, 11) is 0. The van der Waals surface area contributed by atoms with Crippen molar-refractivity contribution in [3.8, 4) is 0 Å². The maximum absolute atomic E-state index is 11.0. The van der Waals surface area contributed by atoms with Gasteiger partial charge in [-0.15, -0.1) is 0 Å². The number of hydrogen-bond acceptors (Lipinski definition) is 3. The zero-order valence-electron chi connectivity index (χ0n) is 9.52. The maximum atomic E-state index is 11.0. The van der Waals surface area contributed by atoms with Crippen molar-refractivity contribution in [3.05, 3.63) is 29.3 Å². The molecule has 3 heteroatoms. The third-order valence-electron chi connectivity index (χ3n) is 3.19. The van der Waals surface area contributed by atoms with Crippen molar-refractivity contribution in [1.82, 2.24) is 0 Å². The maximum Gasteiger partial charge on any atom is 0.152 e. The summed E-state index contributed by atoms with van der Waals surface area (Å²) in [6.07, 6.45) is 1.91. The lowest BCUT2D eigenvalue weighted by molar-refractivity contribution is 0.112. The fourth-order valence-corrected chi connectivity index (χ4v) is 2.26. The Bertz CT molecular complexity index is 390. The Morgan fingerprint density at radius 3 is 3.00 bits per heavy atom. The molecule has 86 valence electrons. The van der Waals surface area contributed by atoms with E-state index in [4.69, 9.17) is 5.11 Å². The van der Waals surface area contributed by atoms with Crippen LogP contribution in [0, 0.1) is 12.8 Å². The first kappa shape index (κ1) is 11.1. The Hall–Kier alpha value is -1.35. The van der Waals surface area contributed by atoms with E-state index in [0.29, 0.717) is 5.92 Å². The van der Waals surface area contributed by atoms with Crippen molar-refractivity contribution in [3.63, 3.8) is 0 Å². The molecule has 0 aliphatic carbocycles. The molecule has 1 atom stereocenters. The molecule has 1 heterocycles. The molecule has 3 nitrogen and oxygen atoms in total. The number of carbonyl (C=O) groups is 1. The first-order valence-corrected chi connectivity index (χ1v) is 5.66. The monoisotopic (exact) mass is 219 g/mol. The highest BCUT2D eigenvalue weighted by Gasteiger charge is 2.23. The average molecular weight is 219 g/mol. The number of aldehydes is 1. The lowest BCUT2D eigenvalue weighted by Crippen LogP contribution is -2.21. The topological polar surface area (TPSA) is 40.5 Å². The van der Waals surface area contributed by atoms with Gasteiger partial charge in [0.2, 0.25) is 0 Å². The fraction of sp³-hybridized carbons (Fsp3) is 0.462. The molecular weight excluding hydrogens is 202 g/mol. The van der Waals surface area contributed by atoms with E-state index in [9.17, 15) is 4.79 Å². The minimum Gasteiger partial charge on any atom is -0.396 e. The summed E-state index contributed by atoms with van der Waals surface area (Å²) in [5, 5.41) is 9.11. The van der Waals surface area contributed by atoms with Crippen molar-refractivity contribution < 1.29 is 9.90 Å². The quantitative estimate of drug-likeness (QED) is 0.785. The summed E-state index contributed by atoms with van der Waals surface area (Å²) in [5.74, 6) is 0.348. The second kappa shape index (κ2) is 4.66. The molecule has 1 N–H and O–H groups in total. The summed E-state index contributed by atoms with van der Waals surface area (Å²) in [6.45, 7) is 3.99. The molecule has 1 aromatic carbocycles. The number of nitrogens with zero attached hydrogens (tertiary/aromatic N) is 1. The van der Waals surface area contributed by atoms with Crippen molar-refractivity contribution in [2.75, 3.05) is 24.6 Å². The molecule has 0 spiro atoms. The van der Waals surface area contributed by atoms with E-state index in [0.717, 1.165) is 42.6 Å². The van der Waals surface area contributed by atoms with E-state index in [2.05, 4.69) is 4.90 Å². The summed E-state index contributed by atoms with van der Waals surface area (Å²) in [6, 6.07) is 5.93. The molecule has 1 fully saturated rings. The summed E-state index contributed by atoms with van der Waals surface area (Å²) >= 11 is 0. The van der Waals surface area contributed by atoms with Crippen LogP contribution in [0.4, 0.5) is 5.69 Å². The molecule has 1 unspecified atom stereocenters. The van der Waals surface area contributed by atoms with Crippen molar-refractivity contribution >= 4 is 12.0 Å². The average Bonchev–Trinajstić information content (AvgIpc) is 2.77. The lowest BCUT2D eigenvalue weighted by Gasteiger charge is -2.20. The number of carbonyl (C=O) groups excluding carboxylic acids is 1. The van der Waals surface area contributed by atoms with Gasteiger partial charge in [0.25, 0.3) is 0 Å². The Morgan fingerprint density at radius 2 is 2.38 bits per heavy atom. The number of aliphatic hydroxyl groups excluding tert-OH is 1. The third kappa shape index (κ3) is 2.09. The van der Waals surface area contributed by atoms with Gasteiger partial charge in [-0.05, 0) is 25.5 Å². The number of rotatable bonds is 3. The highest BCUT2D eigenvalue weighted by molar-refractivity contribution is 5.85. The van der Waals surface area contributed by atoms with Gasteiger partial charge >= 0.3 is 0 Å². The molecule has 0 bridgehead atoms. The van der Waals surface area contributed by atoms with E-state index >= 15 is 0 Å². The molecule has 1 saturated heterocycles. The van der Waals surface area contributed by atoms with Crippen LogP contribution in [0.3, 0.4) is 0 Å². The van der Waals surface area contributed by atoms with Gasteiger partial charge in [-0.2, -0.15) is 0 Å². The zero-order valence-corrected chi connectivity index (χ0v) is 9.52. The third-order valence-corrected chi connectivity index (χ3v) is 3.19. The van der Waals surface area contributed by atoms with Crippen LogP contribution in [0.1, 0.15) is 22.3 Å². The fourth-order valence-electron chi connectivity index (χ4n) is 2.26. The summed E-state index contributed by atoms with van der Waals surface area (Å²) in [4.78, 5) is 13.2. The lowest BCUT2D eigenvalue weighted by atomic mass is 10.1. The Kier molecular flexibility index (Phi) is 3.25. The Balaban J connectivity index is 2.24. The van der Waals surface area contributed by atoms with Gasteiger partial charge in [0.15, 0.2) is 6.29 Å². The molecule has 1 aliphatic rings. The van der Waals surface area contributed by atoms with Crippen LogP contribution in [0.2, 0.25) is 0 Å². The van der Waals surface area contributed by atoms with E-state index in [1.54, 1.807) is 0 Å². The van der Waals surface area contributed by atoms with E-state index in [-0.39, 0.29) is 6.61 Å². The Morgan fingerprint density at radius 1 is 1.56 bits per heavy atom. The van der Waals surface area contributed by atoms with Crippen LogP contribution in [-0.2, 0) is 0 Å². The minimum absolute atomic E-state index is 0.235. The number of hydrogen-bond donors (Lipinski definition) is 1. The minimum atomic E-state index is 0.235. The smallest absolute Gasteiger partial charge is 0.152 e. The normalized spacial score (nSPS) is 20.1. The molecule has 0 amide bonds. The van der Waals surface area contributed by atoms with Gasteiger partial charge in [-0.25, -0.2) is 0 Å². The number of aliphatic hydroxyl groups is 1. The predicted molar refractivity (Wildman–Crippen MR) is 64.0 cm³/mol. The van der Waals surface area contributed by atoms with Crippen LogP contribution in [0.5, 0.6) is 0 Å². The second-order valence-corrected chi connectivity index (χ2v) is 4.46. The first-order chi connectivity index (χ1) is 7.74. The Labute approximate surface area is 95.7 Å². The van der Waals surface area contributed by atoms with Crippen LogP contribution >= 0.6 is 0 Å². The van der Waals surface area contributed by atoms with Gasteiger partial charge in [-0.3, -0.25) is 4.79 Å². The highest BCUT2D eigenvalue weighted by Crippen LogP contribution is 2.26. The number of benzene rings is 1. The predicted octanol–water partition coefficient (Wildman–Crippen LogP) is 1.63. The summed E-state index contributed by atoms with van der Waals surface area (Å²) in [5.41, 5.74) is 2.85. The highest BCUT2D eigenvalue weighted by atomic mass is 16.3. The first-order valence-electron chi connectivity index (χ1n) is 5.66. The summed E-state index contributed by atoms with van der Waals surface area (Å²) < 4.78 is 0.